The number of allylic oxidation sites excluding steroid dienone is 1. The summed E-state index contributed by atoms with van der Waals surface area (Å²) in [4.78, 5) is 0. The average molecular weight is 204 g/mol. The minimum absolute atomic E-state index is 0.229. The van der Waals surface area contributed by atoms with Crippen molar-refractivity contribution in [2.75, 3.05) is 6.61 Å². The van der Waals surface area contributed by atoms with Crippen molar-refractivity contribution in [1.82, 2.24) is 0 Å². The Kier molecular flexibility index (Phi) is 5.79. The van der Waals surface area contributed by atoms with Crippen LogP contribution in [0.25, 0.3) is 5.57 Å². The van der Waals surface area contributed by atoms with Crippen molar-refractivity contribution in [3.05, 3.63) is 42.0 Å². The largest absolute Gasteiger partial charge is 0.396 e. The Bertz CT molecular complexity index is 287. The van der Waals surface area contributed by atoms with Crippen molar-refractivity contribution in [3.63, 3.8) is 0 Å². The first kappa shape index (κ1) is 12.0. The summed E-state index contributed by atoms with van der Waals surface area (Å²) in [6.45, 7) is 2.43. The maximum atomic E-state index is 9.01. The third kappa shape index (κ3) is 4.30. The van der Waals surface area contributed by atoms with Gasteiger partial charge in [-0.3, -0.25) is 0 Å². The van der Waals surface area contributed by atoms with Crippen LogP contribution in [0, 0.1) is 0 Å². The summed E-state index contributed by atoms with van der Waals surface area (Å²) in [5.74, 6) is 0. The molecule has 1 N–H and O–H groups in total. The molecule has 0 amide bonds. The second kappa shape index (κ2) is 7.24. The Labute approximate surface area is 92.5 Å². The Morgan fingerprint density at radius 2 is 2.00 bits per heavy atom. The molecule has 1 rings (SSSR count). The first-order chi connectivity index (χ1) is 7.38. The van der Waals surface area contributed by atoms with E-state index in [0.29, 0.717) is 0 Å². The molecule has 0 unspecified atom stereocenters. The van der Waals surface area contributed by atoms with Gasteiger partial charge in [0.05, 0.1) is 0 Å². The smallest absolute Gasteiger partial charge is 0.0471 e. The molecule has 0 fully saturated rings. The normalized spacial score (nSPS) is 11.7. The third-order valence-electron chi connectivity index (χ3n) is 2.47. The summed E-state index contributed by atoms with van der Waals surface area (Å²) >= 11 is 0. The van der Waals surface area contributed by atoms with Crippen LogP contribution in [0.3, 0.4) is 0 Å². The lowest BCUT2D eigenvalue weighted by Gasteiger charge is -2.06. The summed E-state index contributed by atoms with van der Waals surface area (Å²) in [5, 5.41) is 9.01. The van der Waals surface area contributed by atoms with Gasteiger partial charge in [-0.05, 0) is 24.0 Å². The van der Waals surface area contributed by atoms with E-state index >= 15 is 0 Å². The molecule has 1 aromatic rings. The fraction of sp³-hybridized carbons (Fsp3) is 0.429. The molecular formula is C14H20O. The molecule has 82 valence electrons. The monoisotopic (exact) mass is 204 g/mol. The highest BCUT2D eigenvalue weighted by molar-refractivity contribution is 5.65. The molecular weight excluding hydrogens is 184 g/mol. The maximum absolute atomic E-state index is 9.01. The van der Waals surface area contributed by atoms with Crippen molar-refractivity contribution in [3.8, 4) is 0 Å². The van der Waals surface area contributed by atoms with Gasteiger partial charge in [0.15, 0.2) is 0 Å². The van der Waals surface area contributed by atoms with Crippen LogP contribution in [0.15, 0.2) is 36.4 Å². The molecule has 0 aliphatic carbocycles. The molecule has 0 atom stereocenters. The zero-order valence-electron chi connectivity index (χ0n) is 9.45. The van der Waals surface area contributed by atoms with Crippen molar-refractivity contribution in [2.24, 2.45) is 0 Å². The highest BCUT2D eigenvalue weighted by Crippen LogP contribution is 2.18. The molecule has 0 radical (unpaired) electrons. The van der Waals surface area contributed by atoms with Gasteiger partial charge >= 0.3 is 0 Å². The molecule has 0 spiro atoms. The van der Waals surface area contributed by atoms with Crippen LogP contribution in [-0.2, 0) is 0 Å². The van der Waals surface area contributed by atoms with Gasteiger partial charge in [0.25, 0.3) is 0 Å². The molecule has 1 nitrogen and oxygen atoms in total. The van der Waals surface area contributed by atoms with E-state index < -0.39 is 0 Å². The Balaban J connectivity index is 2.69. The predicted octanol–water partition coefficient (Wildman–Crippen LogP) is 3.64. The number of aliphatic hydroxyl groups excluding tert-OH is 1. The van der Waals surface area contributed by atoms with Gasteiger partial charge in [-0.2, -0.15) is 0 Å². The molecule has 0 aliphatic rings. The van der Waals surface area contributed by atoms with Gasteiger partial charge in [0.1, 0.15) is 0 Å². The van der Waals surface area contributed by atoms with Crippen LogP contribution >= 0.6 is 0 Å². The lowest BCUT2D eigenvalue weighted by molar-refractivity contribution is 0.305. The van der Waals surface area contributed by atoms with Crippen LogP contribution in [0.5, 0.6) is 0 Å². The average Bonchev–Trinajstić information content (AvgIpc) is 2.29. The van der Waals surface area contributed by atoms with Gasteiger partial charge in [-0.25, -0.2) is 0 Å². The first-order valence-corrected chi connectivity index (χ1v) is 5.73. The van der Waals surface area contributed by atoms with E-state index in [2.05, 4.69) is 25.1 Å². The van der Waals surface area contributed by atoms with Crippen LogP contribution in [-0.4, -0.2) is 11.7 Å². The summed E-state index contributed by atoms with van der Waals surface area (Å²) < 4.78 is 0. The SMILES string of the molecule is CCCCC=C(CCO)c1ccccc1. The highest BCUT2D eigenvalue weighted by atomic mass is 16.2. The molecule has 0 saturated carbocycles. The fourth-order valence-electron chi connectivity index (χ4n) is 1.62. The van der Waals surface area contributed by atoms with E-state index in [0.717, 1.165) is 12.8 Å². The maximum Gasteiger partial charge on any atom is 0.0471 e. The van der Waals surface area contributed by atoms with E-state index in [9.17, 15) is 0 Å². The molecule has 15 heavy (non-hydrogen) atoms. The van der Waals surface area contributed by atoms with Gasteiger partial charge in [-0.15, -0.1) is 0 Å². The quantitative estimate of drug-likeness (QED) is 0.701. The second-order valence-corrected chi connectivity index (χ2v) is 3.71. The Morgan fingerprint density at radius 3 is 2.60 bits per heavy atom. The van der Waals surface area contributed by atoms with Gasteiger partial charge in [-0.1, -0.05) is 56.2 Å². The standard InChI is InChI=1S/C14H20O/c1-2-3-5-8-14(11-12-15)13-9-6-4-7-10-13/h4,6-10,15H,2-3,5,11-12H2,1H3. The van der Waals surface area contributed by atoms with E-state index in [1.807, 2.05) is 18.2 Å². The van der Waals surface area contributed by atoms with E-state index in [-0.39, 0.29) is 6.61 Å². The number of rotatable bonds is 6. The molecule has 1 heteroatoms. The van der Waals surface area contributed by atoms with Crippen LogP contribution in [0.2, 0.25) is 0 Å². The summed E-state index contributed by atoms with van der Waals surface area (Å²) in [6.07, 6.45) is 6.57. The number of aliphatic hydroxyl groups is 1. The van der Waals surface area contributed by atoms with Crippen LogP contribution in [0.4, 0.5) is 0 Å². The summed E-state index contributed by atoms with van der Waals surface area (Å²) in [6, 6.07) is 10.3. The Hall–Kier alpha value is -1.08. The predicted molar refractivity (Wildman–Crippen MR) is 65.6 cm³/mol. The molecule has 0 heterocycles. The zero-order chi connectivity index (χ0) is 10.9. The lowest BCUT2D eigenvalue weighted by Crippen LogP contribution is -1.89. The van der Waals surface area contributed by atoms with Gasteiger partial charge in [0, 0.05) is 6.61 Å². The summed E-state index contributed by atoms with van der Waals surface area (Å²) in [7, 11) is 0. The van der Waals surface area contributed by atoms with E-state index in [4.69, 9.17) is 5.11 Å². The Morgan fingerprint density at radius 1 is 1.27 bits per heavy atom. The lowest BCUT2D eigenvalue weighted by atomic mass is 10.0. The fourth-order valence-corrected chi connectivity index (χ4v) is 1.62. The third-order valence-corrected chi connectivity index (χ3v) is 2.47. The molecule has 0 saturated heterocycles. The second-order valence-electron chi connectivity index (χ2n) is 3.71. The van der Waals surface area contributed by atoms with Crippen molar-refractivity contribution in [1.29, 1.82) is 0 Å². The number of hydrogen-bond acceptors (Lipinski definition) is 1. The molecule has 0 aromatic heterocycles. The van der Waals surface area contributed by atoms with Crippen LogP contribution < -0.4 is 0 Å². The first-order valence-electron chi connectivity index (χ1n) is 5.73. The van der Waals surface area contributed by atoms with Crippen LogP contribution in [0.1, 0.15) is 38.2 Å². The number of unbranched alkanes of at least 4 members (excludes halogenated alkanes) is 2. The zero-order valence-corrected chi connectivity index (χ0v) is 9.45. The molecule has 0 bridgehead atoms. The van der Waals surface area contributed by atoms with E-state index in [1.165, 1.54) is 24.0 Å². The topological polar surface area (TPSA) is 20.2 Å². The molecule has 1 aromatic carbocycles. The highest BCUT2D eigenvalue weighted by Gasteiger charge is 1.99. The summed E-state index contributed by atoms with van der Waals surface area (Å²) in [5.41, 5.74) is 2.51. The van der Waals surface area contributed by atoms with Crippen molar-refractivity contribution >= 4 is 5.57 Å². The van der Waals surface area contributed by atoms with Gasteiger partial charge in [0.2, 0.25) is 0 Å². The number of hydrogen-bond donors (Lipinski definition) is 1. The minimum Gasteiger partial charge on any atom is -0.396 e. The minimum atomic E-state index is 0.229. The number of benzene rings is 1. The molecule has 0 aliphatic heterocycles. The van der Waals surface area contributed by atoms with E-state index in [1.54, 1.807) is 0 Å². The van der Waals surface area contributed by atoms with Crippen molar-refractivity contribution < 1.29 is 5.11 Å². The van der Waals surface area contributed by atoms with Gasteiger partial charge < -0.3 is 5.11 Å². The van der Waals surface area contributed by atoms with Crippen molar-refractivity contribution in [2.45, 2.75) is 32.6 Å².